The van der Waals surface area contributed by atoms with Gasteiger partial charge >= 0.3 is 0 Å². The molecule has 3 heteroatoms. The Balaban J connectivity index is 3.06. The van der Waals surface area contributed by atoms with E-state index in [1.165, 1.54) is 11.1 Å². The van der Waals surface area contributed by atoms with E-state index in [0.29, 0.717) is 0 Å². The number of hydrogen-bond acceptors (Lipinski definition) is 1. The number of rotatable bonds is 2. The topological polar surface area (TPSA) is 12.9 Å². The van der Waals surface area contributed by atoms with Gasteiger partial charge in [0.1, 0.15) is 0 Å². The molecule has 0 atom stereocenters. The Morgan fingerprint density at radius 3 is 2.64 bits per heavy atom. The van der Waals surface area contributed by atoms with Crippen LogP contribution in [0.4, 0.5) is 0 Å². The SMILES string of the molecule is Cc1cnc(CBr)c(CBr)c1. The molecule has 0 fully saturated rings. The molecule has 60 valence electrons. The quantitative estimate of drug-likeness (QED) is 0.758. The Bertz CT molecular complexity index is 248. The molecule has 0 amide bonds. The third-order valence-electron chi connectivity index (χ3n) is 1.47. The zero-order valence-electron chi connectivity index (χ0n) is 6.27. The minimum Gasteiger partial charge on any atom is -0.260 e. The highest BCUT2D eigenvalue weighted by atomic mass is 79.9. The van der Waals surface area contributed by atoms with Gasteiger partial charge in [-0.15, -0.1) is 0 Å². The fourth-order valence-corrected chi connectivity index (χ4v) is 1.88. The fourth-order valence-electron chi connectivity index (χ4n) is 0.894. The van der Waals surface area contributed by atoms with Crippen molar-refractivity contribution in [2.45, 2.75) is 17.6 Å². The van der Waals surface area contributed by atoms with Gasteiger partial charge in [-0.05, 0) is 18.1 Å². The van der Waals surface area contributed by atoms with Gasteiger partial charge in [0.25, 0.3) is 0 Å². The van der Waals surface area contributed by atoms with Gasteiger partial charge in [0.2, 0.25) is 0 Å². The summed E-state index contributed by atoms with van der Waals surface area (Å²) in [6, 6.07) is 2.15. The lowest BCUT2D eigenvalue weighted by Crippen LogP contribution is -1.92. The molecule has 11 heavy (non-hydrogen) atoms. The molecule has 1 nitrogen and oxygen atoms in total. The van der Waals surface area contributed by atoms with Crippen molar-refractivity contribution in [3.05, 3.63) is 29.1 Å². The molecule has 1 rings (SSSR count). The van der Waals surface area contributed by atoms with E-state index in [-0.39, 0.29) is 0 Å². The minimum absolute atomic E-state index is 0.828. The summed E-state index contributed by atoms with van der Waals surface area (Å²) in [6.45, 7) is 2.05. The van der Waals surface area contributed by atoms with Crippen LogP contribution >= 0.6 is 31.9 Å². The van der Waals surface area contributed by atoms with Crippen LogP contribution in [0.25, 0.3) is 0 Å². The summed E-state index contributed by atoms with van der Waals surface area (Å²) in [5, 5.41) is 1.71. The molecule has 0 saturated carbocycles. The Hall–Kier alpha value is 0.110. The lowest BCUT2D eigenvalue weighted by molar-refractivity contribution is 1.11. The second-order valence-corrected chi connectivity index (χ2v) is 3.51. The monoisotopic (exact) mass is 277 g/mol. The number of halogens is 2. The highest BCUT2D eigenvalue weighted by molar-refractivity contribution is 9.09. The maximum absolute atomic E-state index is 4.29. The largest absolute Gasteiger partial charge is 0.260 e. The van der Waals surface area contributed by atoms with E-state index in [2.05, 4.69) is 49.8 Å². The molecular formula is C8H9Br2N. The molecule has 0 bridgehead atoms. The van der Waals surface area contributed by atoms with Gasteiger partial charge in [-0.1, -0.05) is 37.9 Å². The van der Waals surface area contributed by atoms with E-state index in [9.17, 15) is 0 Å². The number of nitrogens with zero attached hydrogens (tertiary/aromatic N) is 1. The first-order chi connectivity index (χ1) is 5.27. The van der Waals surface area contributed by atoms with Crippen molar-refractivity contribution in [2.24, 2.45) is 0 Å². The van der Waals surface area contributed by atoms with Crippen LogP contribution in [0.2, 0.25) is 0 Å². The van der Waals surface area contributed by atoms with Crippen molar-refractivity contribution in [3.8, 4) is 0 Å². The molecule has 0 aromatic carbocycles. The van der Waals surface area contributed by atoms with Crippen LogP contribution in [0.5, 0.6) is 0 Å². The summed E-state index contributed by atoms with van der Waals surface area (Å²) in [7, 11) is 0. The summed E-state index contributed by atoms with van der Waals surface area (Å²) < 4.78 is 0. The normalized spacial score (nSPS) is 10.1. The van der Waals surface area contributed by atoms with Gasteiger partial charge in [0, 0.05) is 16.9 Å². The fraction of sp³-hybridized carbons (Fsp3) is 0.375. The maximum atomic E-state index is 4.29. The molecule has 1 aromatic heterocycles. The van der Waals surface area contributed by atoms with Crippen LogP contribution in [-0.4, -0.2) is 4.98 Å². The smallest absolute Gasteiger partial charge is 0.0549 e. The number of alkyl halides is 2. The molecule has 0 saturated heterocycles. The van der Waals surface area contributed by atoms with Gasteiger partial charge in [-0.2, -0.15) is 0 Å². The van der Waals surface area contributed by atoms with Gasteiger partial charge in [0.05, 0.1) is 5.69 Å². The van der Waals surface area contributed by atoms with Crippen LogP contribution in [0.1, 0.15) is 16.8 Å². The molecule has 0 aliphatic carbocycles. The highest BCUT2D eigenvalue weighted by Gasteiger charge is 2.00. The molecule has 0 aliphatic heterocycles. The highest BCUT2D eigenvalue weighted by Crippen LogP contribution is 2.14. The number of aromatic nitrogens is 1. The predicted octanol–water partition coefficient (Wildman–Crippen LogP) is 3.18. The number of aryl methyl sites for hydroxylation is 1. The minimum atomic E-state index is 0.828. The first-order valence-electron chi connectivity index (χ1n) is 3.34. The molecule has 1 heterocycles. The molecule has 0 unspecified atom stereocenters. The predicted molar refractivity (Wildman–Crippen MR) is 54.2 cm³/mol. The molecular weight excluding hydrogens is 270 g/mol. The molecule has 0 aliphatic rings. The number of hydrogen-bond donors (Lipinski definition) is 0. The maximum Gasteiger partial charge on any atom is 0.0549 e. The molecule has 0 radical (unpaired) electrons. The van der Waals surface area contributed by atoms with E-state index in [1.807, 2.05) is 6.20 Å². The van der Waals surface area contributed by atoms with Crippen molar-refractivity contribution < 1.29 is 0 Å². The third-order valence-corrected chi connectivity index (χ3v) is 2.60. The molecule has 0 spiro atoms. The Morgan fingerprint density at radius 2 is 2.09 bits per heavy atom. The van der Waals surface area contributed by atoms with Crippen LogP contribution in [0.15, 0.2) is 12.3 Å². The second-order valence-electron chi connectivity index (χ2n) is 2.39. The Labute approximate surface area is 83.5 Å². The van der Waals surface area contributed by atoms with E-state index < -0.39 is 0 Å². The number of pyridine rings is 1. The molecule has 1 aromatic rings. The van der Waals surface area contributed by atoms with E-state index in [4.69, 9.17) is 0 Å². The average molecular weight is 279 g/mol. The van der Waals surface area contributed by atoms with Gasteiger partial charge in [-0.25, -0.2) is 0 Å². The van der Waals surface area contributed by atoms with Crippen LogP contribution in [-0.2, 0) is 10.7 Å². The van der Waals surface area contributed by atoms with E-state index in [1.54, 1.807) is 0 Å². The van der Waals surface area contributed by atoms with Crippen molar-refractivity contribution in [1.29, 1.82) is 0 Å². The zero-order chi connectivity index (χ0) is 8.27. The third kappa shape index (κ3) is 2.27. The summed E-state index contributed by atoms with van der Waals surface area (Å²) in [5.41, 5.74) is 3.60. The van der Waals surface area contributed by atoms with Crippen molar-refractivity contribution in [3.63, 3.8) is 0 Å². The van der Waals surface area contributed by atoms with E-state index >= 15 is 0 Å². The summed E-state index contributed by atoms with van der Waals surface area (Å²) in [4.78, 5) is 4.29. The Kier molecular flexibility index (Phi) is 3.52. The second kappa shape index (κ2) is 4.21. The summed E-state index contributed by atoms with van der Waals surface area (Å²) >= 11 is 6.81. The first-order valence-corrected chi connectivity index (χ1v) is 5.58. The summed E-state index contributed by atoms with van der Waals surface area (Å²) in [6.07, 6.45) is 1.89. The van der Waals surface area contributed by atoms with Crippen LogP contribution in [0.3, 0.4) is 0 Å². The lowest BCUT2D eigenvalue weighted by Gasteiger charge is -2.02. The Morgan fingerprint density at radius 1 is 1.36 bits per heavy atom. The van der Waals surface area contributed by atoms with Gasteiger partial charge in [-0.3, -0.25) is 4.98 Å². The lowest BCUT2D eigenvalue weighted by atomic mass is 10.2. The average Bonchev–Trinajstić information content (AvgIpc) is 2.04. The van der Waals surface area contributed by atoms with Crippen LogP contribution < -0.4 is 0 Å². The van der Waals surface area contributed by atoms with Crippen molar-refractivity contribution in [1.82, 2.24) is 4.98 Å². The first kappa shape index (κ1) is 9.20. The van der Waals surface area contributed by atoms with E-state index in [0.717, 1.165) is 16.4 Å². The summed E-state index contributed by atoms with van der Waals surface area (Å²) in [5.74, 6) is 0. The van der Waals surface area contributed by atoms with Crippen LogP contribution in [0, 0.1) is 6.92 Å². The van der Waals surface area contributed by atoms with Gasteiger partial charge < -0.3 is 0 Å². The molecule has 0 N–H and O–H groups in total. The standard InChI is InChI=1S/C8H9Br2N/c1-6-2-7(3-9)8(4-10)11-5-6/h2,5H,3-4H2,1H3. The van der Waals surface area contributed by atoms with Crippen molar-refractivity contribution in [2.75, 3.05) is 0 Å². The van der Waals surface area contributed by atoms with Gasteiger partial charge in [0.15, 0.2) is 0 Å². The zero-order valence-corrected chi connectivity index (χ0v) is 9.44. The van der Waals surface area contributed by atoms with Crippen molar-refractivity contribution >= 4 is 31.9 Å².